The maximum absolute atomic E-state index is 11.6. The Balaban J connectivity index is 2.18. The van der Waals surface area contributed by atoms with Crippen LogP contribution in [0, 0.1) is 0 Å². The van der Waals surface area contributed by atoms with Gasteiger partial charge in [-0.05, 0) is 19.8 Å². The summed E-state index contributed by atoms with van der Waals surface area (Å²) in [6, 6.07) is 1.15. The summed E-state index contributed by atoms with van der Waals surface area (Å²) in [4.78, 5) is 25.5. The van der Waals surface area contributed by atoms with Gasteiger partial charge in [0.1, 0.15) is 5.15 Å². The molecule has 0 spiro atoms. The number of hydrogen-bond acceptors (Lipinski definition) is 3. The Morgan fingerprint density at radius 3 is 2.81 bits per heavy atom. The summed E-state index contributed by atoms with van der Waals surface area (Å²) in [5, 5.41) is 0.0759. The van der Waals surface area contributed by atoms with E-state index in [1.54, 1.807) is 0 Å². The molecular weight excluding hydrogens is 232 g/mol. The van der Waals surface area contributed by atoms with E-state index in [1.807, 2.05) is 6.92 Å². The first-order chi connectivity index (χ1) is 7.61. The van der Waals surface area contributed by atoms with Gasteiger partial charge in [0.25, 0.3) is 5.56 Å². The van der Waals surface area contributed by atoms with Gasteiger partial charge in [-0.3, -0.25) is 14.3 Å². The van der Waals surface area contributed by atoms with Gasteiger partial charge in [0.2, 0.25) is 0 Å². The third-order valence-corrected chi connectivity index (χ3v) is 2.97. The van der Waals surface area contributed by atoms with Crippen molar-refractivity contribution in [2.24, 2.45) is 0 Å². The fourth-order valence-electron chi connectivity index (χ4n) is 1.94. The Hall–Kier alpha value is -1.07. The van der Waals surface area contributed by atoms with Crippen molar-refractivity contribution in [2.45, 2.75) is 31.9 Å². The molecule has 16 heavy (non-hydrogen) atoms. The molecule has 1 aromatic rings. The van der Waals surface area contributed by atoms with E-state index in [2.05, 4.69) is 4.98 Å². The third-order valence-electron chi connectivity index (χ3n) is 2.77. The van der Waals surface area contributed by atoms with E-state index >= 15 is 0 Å². The van der Waals surface area contributed by atoms with Gasteiger partial charge in [-0.1, -0.05) is 11.6 Å². The zero-order chi connectivity index (χ0) is 11.7. The van der Waals surface area contributed by atoms with Crippen LogP contribution in [0.4, 0.5) is 0 Å². The molecule has 5 nitrogen and oxygen atoms in total. The van der Waals surface area contributed by atoms with Crippen molar-refractivity contribution in [1.29, 1.82) is 0 Å². The number of rotatable bonds is 3. The predicted octanol–water partition coefficient (Wildman–Crippen LogP) is 0.930. The lowest BCUT2D eigenvalue weighted by atomic mass is 9.89. The first kappa shape index (κ1) is 11.4. The number of ether oxygens (including phenoxy) is 1. The Kier molecular flexibility index (Phi) is 3.16. The molecule has 0 aliphatic heterocycles. The molecule has 1 fully saturated rings. The van der Waals surface area contributed by atoms with Gasteiger partial charge in [0, 0.05) is 18.7 Å². The molecule has 6 heteroatoms. The molecule has 1 N–H and O–H groups in total. The van der Waals surface area contributed by atoms with E-state index in [0.717, 1.165) is 0 Å². The standard InChI is InChI=1S/C10H13ClN2O3/c1-2-16-7-3-6(4-7)13-9(14)5-8(11)12-10(13)15/h5-7H,2-4H2,1H3,(H,12,15). The second-order valence-electron chi connectivity index (χ2n) is 3.83. The van der Waals surface area contributed by atoms with Gasteiger partial charge in [0.15, 0.2) is 0 Å². The minimum Gasteiger partial charge on any atom is -0.378 e. The molecule has 0 aromatic carbocycles. The first-order valence-corrected chi connectivity index (χ1v) is 5.62. The van der Waals surface area contributed by atoms with Crippen LogP contribution in [0.15, 0.2) is 15.7 Å². The molecular formula is C10H13ClN2O3. The molecule has 0 unspecified atom stereocenters. The van der Waals surface area contributed by atoms with Crippen LogP contribution in [-0.2, 0) is 4.74 Å². The van der Waals surface area contributed by atoms with Crippen molar-refractivity contribution in [3.63, 3.8) is 0 Å². The second-order valence-corrected chi connectivity index (χ2v) is 4.24. The Morgan fingerprint density at radius 2 is 2.25 bits per heavy atom. The van der Waals surface area contributed by atoms with Crippen LogP contribution < -0.4 is 11.2 Å². The minimum absolute atomic E-state index is 0.0648. The van der Waals surface area contributed by atoms with Crippen LogP contribution in [0.5, 0.6) is 0 Å². The Morgan fingerprint density at radius 1 is 1.56 bits per heavy atom. The van der Waals surface area contributed by atoms with Crippen LogP contribution >= 0.6 is 11.6 Å². The minimum atomic E-state index is -0.447. The lowest BCUT2D eigenvalue weighted by molar-refractivity contribution is -0.0215. The number of hydrogen-bond donors (Lipinski definition) is 1. The van der Waals surface area contributed by atoms with Crippen LogP contribution in [0.25, 0.3) is 0 Å². The molecule has 0 bridgehead atoms. The molecule has 0 saturated heterocycles. The number of nitrogens with zero attached hydrogens (tertiary/aromatic N) is 1. The summed E-state index contributed by atoms with van der Waals surface area (Å²) >= 11 is 5.57. The van der Waals surface area contributed by atoms with Gasteiger partial charge in [-0.15, -0.1) is 0 Å². The Bertz CT molecular complexity index is 456. The Labute approximate surface area is 97.0 Å². The average Bonchev–Trinajstić information content (AvgIpc) is 2.12. The summed E-state index contributed by atoms with van der Waals surface area (Å²) < 4.78 is 6.59. The maximum atomic E-state index is 11.6. The molecule has 1 aliphatic rings. The third kappa shape index (κ3) is 2.05. The van der Waals surface area contributed by atoms with Crippen molar-refractivity contribution < 1.29 is 4.74 Å². The van der Waals surface area contributed by atoms with E-state index in [9.17, 15) is 9.59 Å². The predicted molar refractivity (Wildman–Crippen MR) is 60.0 cm³/mol. The molecule has 1 heterocycles. The van der Waals surface area contributed by atoms with Crippen molar-refractivity contribution in [1.82, 2.24) is 9.55 Å². The van der Waals surface area contributed by atoms with Crippen molar-refractivity contribution in [2.75, 3.05) is 6.61 Å². The molecule has 1 saturated carbocycles. The SMILES string of the molecule is CCOC1CC(n2c(=O)cc(Cl)[nH]c2=O)C1. The summed E-state index contributed by atoms with van der Waals surface area (Å²) in [6.45, 7) is 2.58. The second kappa shape index (κ2) is 4.43. The number of halogens is 1. The lowest BCUT2D eigenvalue weighted by Gasteiger charge is -2.35. The number of aromatic amines is 1. The molecule has 0 atom stereocenters. The summed E-state index contributed by atoms with van der Waals surface area (Å²) in [6.07, 6.45) is 1.58. The van der Waals surface area contributed by atoms with Gasteiger partial charge in [-0.25, -0.2) is 4.79 Å². The van der Waals surface area contributed by atoms with Crippen LogP contribution in [0.1, 0.15) is 25.8 Å². The summed E-state index contributed by atoms with van der Waals surface area (Å²) in [5.41, 5.74) is -0.800. The zero-order valence-electron chi connectivity index (χ0n) is 8.90. The van der Waals surface area contributed by atoms with Gasteiger partial charge in [-0.2, -0.15) is 0 Å². The molecule has 88 valence electrons. The van der Waals surface area contributed by atoms with E-state index in [0.29, 0.717) is 19.4 Å². The fourth-order valence-corrected chi connectivity index (χ4v) is 2.12. The smallest absolute Gasteiger partial charge is 0.329 e. The van der Waals surface area contributed by atoms with Crippen molar-refractivity contribution in [3.8, 4) is 0 Å². The summed E-state index contributed by atoms with van der Waals surface area (Å²) in [7, 11) is 0. The largest absolute Gasteiger partial charge is 0.378 e. The number of aromatic nitrogens is 2. The topological polar surface area (TPSA) is 64.1 Å². The first-order valence-electron chi connectivity index (χ1n) is 5.24. The van der Waals surface area contributed by atoms with E-state index < -0.39 is 5.69 Å². The highest BCUT2D eigenvalue weighted by molar-refractivity contribution is 6.29. The fraction of sp³-hybridized carbons (Fsp3) is 0.600. The highest BCUT2D eigenvalue weighted by atomic mass is 35.5. The van der Waals surface area contributed by atoms with Gasteiger partial charge in [0.05, 0.1) is 6.10 Å². The quantitative estimate of drug-likeness (QED) is 0.805. The summed E-state index contributed by atoms with van der Waals surface area (Å²) in [5.74, 6) is 0. The molecule has 2 rings (SSSR count). The van der Waals surface area contributed by atoms with Crippen LogP contribution in [0.3, 0.4) is 0 Å². The van der Waals surface area contributed by atoms with E-state index in [1.165, 1.54) is 10.6 Å². The van der Waals surface area contributed by atoms with Crippen molar-refractivity contribution >= 4 is 11.6 Å². The highest BCUT2D eigenvalue weighted by Gasteiger charge is 2.32. The van der Waals surface area contributed by atoms with E-state index in [4.69, 9.17) is 16.3 Å². The maximum Gasteiger partial charge on any atom is 0.329 e. The number of nitrogens with one attached hydrogen (secondary N) is 1. The van der Waals surface area contributed by atoms with Gasteiger partial charge >= 0.3 is 5.69 Å². The molecule has 0 radical (unpaired) electrons. The van der Waals surface area contributed by atoms with Crippen LogP contribution in [-0.4, -0.2) is 22.3 Å². The van der Waals surface area contributed by atoms with Gasteiger partial charge < -0.3 is 4.74 Å². The average molecular weight is 245 g/mol. The zero-order valence-corrected chi connectivity index (χ0v) is 9.66. The van der Waals surface area contributed by atoms with Crippen LogP contribution in [0.2, 0.25) is 5.15 Å². The normalized spacial score (nSPS) is 24.1. The van der Waals surface area contributed by atoms with E-state index in [-0.39, 0.29) is 22.9 Å². The molecule has 1 aliphatic carbocycles. The monoisotopic (exact) mass is 244 g/mol. The molecule has 0 amide bonds. The number of H-pyrrole nitrogens is 1. The highest BCUT2D eigenvalue weighted by Crippen LogP contribution is 2.32. The molecule has 1 aromatic heterocycles. The van der Waals surface area contributed by atoms with Crippen molar-refractivity contribution in [3.05, 3.63) is 32.1 Å². The lowest BCUT2D eigenvalue weighted by Crippen LogP contribution is -2.45.